The second kappa shape index (κ2) is 3.85. The number of nitrogens with zero attached hydrogens (tertiary/aromatic N) is 2. The van der Waals surface area contributed by atoms with Gasteiger partial charge in [0.1, 0.15) is 5.56 Å². The van der Waals surface area contributed by atoms with Crippen LogP contribution in [0.4, 0.5) is 17.6 Å². The first-order valence-electron chi connectivity index (χ1n) is 3.82. The van der Waals surface area contributed by atoms with Gasteiger partial charge < -0.3 is 4.52 Å². The Morgan fingerprint density at radius 3 is 2.00 bits per heavy atom. The first-order chi connectivity index (χ1) is 7.54. The van der Waals surface area contributed by atoms with E-state index >= 15 is 0 Å². The minimum absolute atomic E-state index is 0.569. The summed E-state index contributed by atoms with van der Waals surface area (Å²) in [5.41, 5.74) is -1.01. The molecule has 1 heterocycles. The second-order valence-electron chi connectivity index (χ2n) is 2.70. The molecule has 0 bridgehead atoms. The smallest absolute Gasteiger partial charge is 0.214 e. The van der Waals surface area contributed by atoms with Gasteiger partial charge in [0.05, 0.1) is 4.47 Å². The molecule has 0 saturated heterocycles. The molecule has 0 N–H and O–H groups in total. The highest BCUT2D eigenvalue weighted by atomic mass is 79.9. The number of halogens is 5. The first-order valence-corrected chi connectivity index (χ1v) is 4.61. The Kier molecular flexibility index (Phi) is 2.66. The summed E-state index contributed by atoms with van der Waals surface area (Å²) in [4.78, 5) is 3.31. The second-order valence-corrected chi connectivity index (χ2v) is 3.49. The monoisotopic (exact) mass is 296 g/mol. The van der Waals surface area contributed by atoms with Gasteiger partial charge in [0.15, 0.2) is 23.3 Å². The molecule has 0 aliphatic carbocycles. The fraction of sp³-hybridized carbons (Fsp3) is 0. The Hall–Kier alpha value is -1.44. The summed E-state index contributed by atoms with van der Waals surface area (Å²) >= 11 is 2.38. The van der Waals surface area contributed by atoms with Gasteiger partial charge in [-0.15, -0.1) is 0 Å². The van der Waals surface area contributed by atoms with E-state index in [1.807, 2.05) is 0 Å². The van der Waals surface area contributed by atoms with Crippen LogP contribution in [0.2, 0.25) is 0 Å². The molecule has 0 radical (unpaired) electrons. The standard InChI is InChI=1S/C8HBrF4N2O/c9-3-6(12)4(10)2(5(11)7(3)13)8-14-1-16-15-8/h1H. The lowest BCUT2D eigenvalue weighted by atomic mass is 10.1. The predicted molar refractivity (Wildman–Crippen MR) is 47.3 cm³/mol. The van der Waals surface area contributed by atoms with E-state index in [0.29, 0.717) is 0 Å². The predicted octanol–water partition coefficient (Wildman–Crippen LogP) is 3.06. The van der Waals surface area contributed by atoms with Gasteiger partial charge in [-0.1, -0.05) is 5.16 Å². The maximum Gasteiger partial charge on any atom is 0.214 e. The zero-order valence-electron chi connectivity index (χ0n) is 7.27. The lowest BCUT2D eigenvalue weighted by Gasteiger charge is -2.05. The van der Waals surface area contributed by atoms with Crippen LogP contribution in [0.3, 0.4) is 0 Å². The summed E-state index contributed by atoms with van der Waals surface area (Å²) in [5.74, 6) is -6.86. The largest absolute Gasteiger partial charge is 0.342 e. The van der Waals surface area contributed by atoms with Crippen LogP contribution in [0.5, 0.6) is 0 Å². The van der Waals surface area contributed by atoms with Crippen LogP contribution < -0.4 is 0 Å². The van der Waals surface area contributed by atoms with Crippen molar-refractivity contribution in [2.45, 2.75) is 0 Å². The van der Waals surface area contributed by atoms with Gasteiger partial charge in [0.25, 0.3) is 0 Å². The molecule has 0 amide bonds. The molecule has 16 heavy (non-hydrogen) atoms. The zero-order valence-corrected chi connectivity index (χ0v) is 8.86. The zero-order chi connectivity index (χ0) is 11.9. The minimum Gasteiger partial charge on any atom is -0.342 e. The van der Waals surface area contributed by atoms with E-state index < -0.39 is 39.1 Å². The van der Waals surface area contributed by atoms with Gasteiger partial charge in [-0.2, -0.15) is 4.98 Å². The minimum atomic E-state index is -1.59. The Labute approximate surface area is 94.2 Å². The maximum absolute atomic E-state index is 13.3. The van der Waals surface area contributed by atoms with Crippen molar-refractivity contribution in [2.24, 2.45) is 0 Å². The number of hydrogen-bond donors (Lipinski definition) is 0. The van der Waals surface area contributed by atoms with Gasteiger partial charge >= 0.3 is 0 Å². The fourth-order valence-electron chi connectivity index (χ4n) is 1.08. The summed E-state index contributed by atoms with van der Waals surface area (Å²) in [6.07, 6.45) is 0.784. The molecule has 0 aliphatic rings. The highest BCUT2D eigenvalue weighted by Gasteiger charge is 2.27. The molecule has 0 atom stereocenters. The Bertz CT molecular complexity index is 514. The van der Waals surface area contributed by atoms with Gasteiger partial charge in [-0.25, -0.2) is 17.6 Å². The molecule has 0 spiro atoms. The SMILES string of the molecule is Fc1c(F)c(-c2ncon2)c(F)c(F)c1Br. The van der Waals surface area contributed by atoms with Crippen LogP contribution in [-0.2, 0) is 0 Å². The summed E-state index contributed by atoms with van der Waals surface area (Å²) in [5, 5.41) is 3.11. The average Bonchev–Trinajstić information content (AvgIpc) is 2.77. The molecule has 0 unspecified atom stereocenters. The molecular weight excluding hydrogens is 296 g/mol. The molecule has 0 aliphatic heterocycles. The van der Waals surface area contributed by atoms with E-state index in [9.17, 15) is 17.6 Å². The molecular formula is C8HBrF4N2O. The van der Waals surface area contributed by atoms with Gasteiger partial charge in [0.2, 0.25) is 12.2 Å². The van der Waals surface area contributed by atoms with Crippen molar-refractivity contribution >= 4 is 15.9 Å². The van der Waals surface area contributed by atoms with Gasteiger partial charge in [-0.3, -0.25) is 0 Å². The highest BCUT2D eigenvalue weighted by Crippen LogP contribution is 2.32. The summed E-state index contributed by atoms with van der Waals surface area (Å²) < 4.78 is 56.2. The average molecular weight is 297 g/mol. The Morgan fingerprint density at radius 2 is 1.56 bits per heavy atom. The van der Waals surface area contributed by atoms with E-state index in [-0.39, 0.29) is 0 Å². The molecule has 84 valence electrons. The van der Waals surface area contributed by atoms with Crippen LogP contribution in [0, 0.1) is 23.3 Å². The summed E-state index contributed by atoms with van der Waals surface area (Å²) in [7, 11) is 0. The van der Waals surface area contributed by atoms with E-state index in [1.54, 1.807) is 0 Å². The van der Waals surface area contributed by atoms with Crippen LogP contribution >= 0.6 is 15.9 Å². The third-order valence-corrected chi connectivity index (χ3v) is 2.49. The van der Waals surface area contributed by atoms with Gasteiger partial charge in [0, 0.05) is 0 Å². The first kappa shape index (κ1) is 11.1. The number of aromatic nitrogens is 2. The highest BCUT2D eigenvalue weighted by molar-refractivity contribution is 9.10. The molecule has 1 aromatic carbocycles. The summed E-state index contributed by atoms with van der Waals surface area (Å²) in [6.45, 7) is 0. The number of rotatable bonds is 1. The van der Waals surface area contributed by atoms with Gasteiger partial charge in [-0.05, 0) is 15.9 Å². The molecule has 0 saturated carbocycles. The lowest BCUT2D eigenvalue weighted by Crippen LogP contribution is -2.01. The molecule has 3 nitrogen and oxygen atoms in total. The van der Waals surface area contributed by atoms with Crippen molar-refractivity contribution in [3.8, 4) is 11.4 Å². The van der Waals surface area contributed by atoms with Crippen molar-refractivity contribution in [3.05, 3.63) is 34.1 Å². The van der Waals surface area contributed by atoms with E-state index in [2.05, 4.69) is 30.6 Å². The Morgan fingerprint density at radius 1 is 1.00 bits per heavy atom. The molecule has 8 heteroatoms. The normalized spacial score (nSPS) is 10.8. The fourth-order valence-corrected chi connectivity index (χ4v) is 1.43. The van der Waals surface area contributed by atoms with E-state index in [4.69, 9.17) is 0 Å². The molecule has 1 aromatic heterocycles. The van der Waals surface area contributed by atoms with Crippen molar-refractivity contribution in [1.29, 1.82) is 0 Å². The Balaban J connectivity index is 2.81. The van der Waals surface area contributed by atoms with Crippen molar-refractivity contribution in [1.82, 2.24) is 10.1 Å². The third-order valence-electron chi connectivity index (χ3n) is 1.79. The topological polar surface area (TPSA) is 38.9 Å². The third kappa shape index (κ3) is 1.49. The maximum atomic E-state index is 13.3. The number of benzene rings is 1. The van der Waals surface area contributed by atoms with Crippen LogP contribution in [-0.4, -0.2) is 10.1 Å². The van der Waals surface area contributed by atoms with Crippen molar-refractivity contribution in [3.63, 3.8) is 0 Å². The van der Waals surface area contributed by atoms with Crippen LogP contribution in [0.15, 0.2) is 15.4 Å². The number of hydrogen-bond acceptors (Lipinski definition) is 3. The molecule has 2 aromatic rings. The molecule has 0 fully saturated rings. The van der Waals surface area contributed by atoms with E-state index in [0.717, 1.165) is 6.39 Å². The van der Waals surface area contributed by atoms with Crippen LogP contribution in [0.1, 0.15) is 0 Å². The van der Waals surface area contributed by atoms with Crippen LogP contribution in [0.25, 0.3) is 11.4 Å². The summed E-state index contributed by atoms with van der Waals surface area (Å²) in [6, 6.07) is 0. The molecule has 2 rings (SSSR count). The quantitative estimate of drug-likeness (QED) is 0.461. The van der Waals surface area contributed by atoms with E-state index in [1.165, 1.54) is 0 Å². The van der Waals surface area contributed by atoms with Crippen molar-refractivity contribution in [2.75, 3.05) is 0 Å². The van der Waals surface area contributed by atoms with Crippen molar-refractivity contribution < 1.29 is 22.1 Å². The lowest BCUT2D eigenvalue weighted by molar-refractivity contribution is 0.415.